The summed E-state index contributed by atoms with van der Waals surface area (Å²) in [6, 6.07) is 4.37. The van der Waals surface area contributed by atoms with Crippen molar-refractivity contribution >= 4 is 33.8 Å². The monoisotopic (exact) mass is 282 g/mol. The summed E-state index contributed by atoms with van der Waals surface area (Å²) in [7, 11) is 1.37. The zero-order chi connectivity index (χ0) is 13.0. The van der Waals surface area contributed by atoms with Crippen molar-refractivity contribution in [1.29, 1.82) is 0 Å². The van der Waals surface area contributed by atoms with Gasteiger partial charge in [-0.25, -0.2) is 9.78 Å². The Morgan fingerprint density at radius 1 is 1.61 bits per heavy atom. The summed E-state index contributed by atoms with van der Waals surface area (Å²) in [6.45, 7) is 2.12. The molecule has 0 aromatic carbocycles. The van der Waals surface area contributed by atoms with Gasteiger partial charge in [0.2, 0.25) is 0 Å². The molecule has 1 atom stereocenters. The van der Waals surface area contributed by atoms with E-state index in [1.807, 2.05) is 6.07 Å². The van der Waals surface area contributed by atoms with E-state index in [-0.39, 0.29) is 12.0 Å². The smallest absolute Gasteiger partial charge is 0.349 e. The highest BCUT2D eigenvalue weighted by molar-refractivity contribution is 7.17. The van der Waals surface area contributed by atoms with E-state index in [1.54, 1.807) is 17.5 Å². The lowest BCUT2D eigenvalue weighted by Gasteiger charge is -2.13. The first-order chi connectivity index (χ1) is 8.74. The highest BCUT2D eigenvalue weighted by Crippen LogP contribution is 2.28. The largest absolute Gasteiger partial charge is 0.465 e. The molecule has 0 saturated heterocycles. The number of nitrogens with zero attached hydrogens (tertiary/aromatic N) is 1. The van der Waals surface area contributed by atoms with E-state index in [2.05, 4.69) is 33.4 Å². The third-order valence-corrected chi connectivity index (χ3v) is 4.38. The summed E-state index contributed by atoms with van der Waals surface area (Å²) in [5.41, 5.74) is 0. The summed E-state index contributed by atoms with van der Waals surface area (Å²) < 4.78 is 4.66. The minimum absolute atomic E-state index is 0.238. The summed E-state index contributed by atoms with van der Waals surface area (Å²) in [4.78, 5) is 17.3. The Bertz CT molecular complexity index is 508. The normalized spacial score (nSPS) is 12.1. The van der Waals surface area contributed by atoms with E-state index >= 15 is 0 Å². The number of carbonyl (C=O) groups is 1. The lowest BCUT2D eigenvalue weighted by molar-refractivity contribution is 0.0606. The molecule has 0 saturated carbocycles. The molecule has 18 heavy (non-hydrogen) atoms. The van der Waals surface area contributed by atoms with E-state index in [9.17, 15) is 4.79 Å². The molecule has 6 heteroatoms. The fourth-order valence-corrected chi connectivity index (χ4v) is 3.20. The number of esters is 1. The number of nitrogens with one attached hydrogen (secondary N) is 1. The predicted octanol–water partition coefficient (Wildman–Crippen LogP) is 3.55. The van der Waals surface area contributed by atoms with Crippen LogP contribution in [0.4, 0.5) is 5.13 Å². The number of carbonyl (C=O) groups excluding carboxylic acids is 1. The number of ether oxygens (including phenoxy) is 1. The number of methoxy groups -OCH3 is 1. The molecule has 0 aliphatic heterocycles. The lowest BCUT2D eigenvalue weighted by Crippen LogP contribution is -2.07. The van der Waals surface area contributed by atoms with Crippen molar-refractivity contribution < 1.29 is 9.53 Å². The van der Waals surface area contributed by atoms with Crippen molar-refractivity contribution in [1.82, 2.24) is 4.98 Å². The van der Waals surface area contributed by atoms with Gasteiger partial charge in [-0.15, -0.1) is 11.3 Å². The minimum Gasteiger partial charge on any atom is -0.465 e. The molecule has 2 aromatic heterocycles. The highest BCUT2D eigenvalue weighted by atomic mass is 32.1. The molecule has 0 amide bonds. The molecule has 0 fully saturated rings. The average Bonchev–Trinajstić information content (AvgIpc) is 3.05. The maximum Gasteiger partial charge on any atom is 0.349 e. The number of thiophene rings is 1. The van der Waals surface area contributed by atoms with Gasteiger partial charge in [-0.2, -0.15) is 0 Å². The number of thiazole rings is 1. The molecule has 0 aliphatic rings. The van der Waals surface area contributed by atoms with Crippen LogP contribution in [0.25, 0.3) is 0 Å². The van der Waals surface area contributed by atoms with Gasteiger partial charge in [-0.3, -0.25) is 0 Å². The number of hydrogen-bond acceptors (Lipinski definition) is 6. The zero-order valence-corrected chi connectivity index (χ0v) is 11.8. The Kier molecular flexibility index (Phi) is 4.33. The number of aromatic nitrogens is 1. The quantitative estimate of drug-likeness (QED) is 0.852. The standard InChI is InChI=1S/C12H14N2O2S2/c1-3-8(9-5-4-6-17-9)14-12-13-7-10(18-12)11(15)16-2/h4-8H,3H2,1-2H3,(H,13,14). The number of hydrogen-bond donors (Lipinski definition) is 1. The van der Waals surface area contributed by atoms with Crippen LogP contribution >= 0.6 is 22.7 Å². The van der Waals surface area contributed by atoms with Crippen LogP contribution in [-0.4, -0.2) is 18.1 Å². The molecule has 0 bridgehead atoms. The van der Waals surface area contributed by atoms with E-state index in [0.717, 1.165) is 11.6 Å². The van der Waals surface area contributed by atoms with Gasteiger partial charge in [0.25, 0.3) is 0 Å². The van der Waals surface area contributed by atoms with Crippen LogP contribution in [-0.2, 0) is 4.74 Å². The molecular formula is C12H14N2O2S2. The molecule has 4 nitrogen and oxygen atoms in total. The first-order valence-electron chi connectivity index (χ1n) is 5.58. The maximum atomic E-state index is 11.3. The Hall–Kier alpha value is -1.40. The Morgan fingerprint density at radius 3 is 3.06 bits per heavy atom. The van der Waals surface area contributed by atoms with Crippen LogP contribution in [0.15, 0.2) is 23.7 Å². The SMILES string of the molecule is CCC(Nc1ncc(C(=O)OC)s1)c1cccs1. The first-order valence-corrected chi connectivity index (χ1v) is 7.28. The van der Waals surface area contributed by atoms with Crippen LogP contribution in [0.3, 0.4) is 0 Å². The molecule has 1 N–H and O–H groups in total. The van der Waals surface area contributed by atoms with Crippen molar-refractivity contribution in [3.8, 4) is 0 Å². The van der Waals surface area contributed by atoms with Crippen LogP contribution in [0, 0.1) is 0 Å². The second-order valence-electron chi connectivity index (χ2n) is 3.64. The lowest BCUT2D eigenvalue weighted by atomic mass is 10.2. The van der Waals surface area contributed by atoms with Crippen molar-refractivity contribution in [2.45, 2.75) is 19.4 Å². The Labute approximate surface area is 114 Å². The summed E-state index contributed by atoms with van der Waals surface area (Å²) in [6.07, 6.45) is 2.51. The second kappa shape index (κ2) is 5.97. The highest BCUT2D eigenvalue weighted by Gasteiger charge is 2.14. The third-order valence-electron chi connectivity index (χ3n) is 2.48. The fraction of sp³-hybridized carbons (Fsp3) is 0.333. The summed E-state index contributed by atoms with van der Waals surface area (Å²) in [5, 5.41) is 6.14. The van der Waals surface area contributed by atoms with Crippen LogP contribution in [0.1, 0.15) is 33.9 Å². The van der Waals surface area contributed by atoms with Crippen molar-refractivity contribution in [3.05, 3.63) is 33.5 Å². The summed E-state index contributed by atoms with van der Waals surface area (Å²) >= 11 is 3.03. The van der Waals surface area contributed by atoms with Crippen LogP contribution in [0.5, 0.6) is 0 Å². The van der Waals surface area contributed by atoms with Crippen molar-refractivity contribution in [3.63, 3.8) is 0 Å². The molecule has 0 spiro atoms. The molecule has 1 unspecified atom stereocenters. The molecule has 2 rings (SSSR count). The first kappa shape index (κ1) is 13.0. The van der Waals surface area contributed by atoms with Gasteiger partial charge in [0.1, 0.15) is 4.88 Å². The average molecular weight is 282 g/mol. The number of rotatable bonds is 5. The topological polar surface area (TPSA) is 51.2 Å². The van der Waals surface area contributed by atoms with E-state index in [0.29, 0.717) is 4.88 Å². The van der Waals surface area contributed by atoms with Gasteiger partial charge < -0.3 is 10.1 Å². The van der Waals surface area contributed by atoms with Crippen LogP contribution in [0.2, 0.25) is 0 Å². The zero-order valence-electron chi connectivity index (χ0n) is 10.2. The van der Waals surface area contributed by atoms with Gasteiger partial charge in [-0.05, 0) is 17.9 Å². The minimum atomic E-state index is -0.343. The summed E-state index contributed by atoms with van der Waals surface area (Å²) in [5.74, 6) is -0.343. The van der Waals surface area contributed by atoms with Crippen LogP contribution < -0.4 is 5.32 Å². The Morgan fingerprint density at radius 2 is 2.44 bits per heavy atom. The van der Waals surface area contributed by atoms with Gasteiger partial charge >= 0.3 is 5.97 Å². The van der Waals surface area contributed by atoms with Gasteiger partial charge in [0.15, 0.2) is 5.13 Å². The van der Waals surface area contributed by atoms with Gasteiger partial charge in [0.05, 0.1) is 19.3 Å². The predicted molar refractivity (Wildman–Crippen MR) is 74.4 cm³/mol. The molecule has 0 aliphatic carbocycles. The van der Waals surface area contributed by atoms with Gasteiger partial charge in [-0.1, -0.05) is 24.3 Å². The number of anilines is 1. The maximum absolute atomic E-state index is 11.3. The third kappa shape index (κ3) is 2.88. The fourth-order valence-electron chi connectivity index (χ4n) is 1.55. The van der Waals surface area contributed by atoms with Crippen molar-refractivity contribution in [2.75, 3.05) is 12.4 Å². The van der Waals surface area contributed by atoms with E-state index < -0.39 is 0 Å². The molecule has 96 valence electrons. The molecular weight excluding hydrogens is 268 g/mol. The Balaban J connectivity index is 2.08. The molecule has 2 heterocycles. The van der Waals surface area contributed by atoms with Gasteiger partial charge in [0, 0.05) is 4.88 Å². The molecule has 0 radical (unpaired) electrons. The van der Waals surface area contributed by atoms with E-state index in [4.69, 9.17) is 0 Å². The second-order valence-corrected chi connectivity index (χ2v) is 5.65. The van der Waals surface area contributed by atoms with E-state index in [1.165, 1.54) is 23.3 Å². The molecule has 2 aromatic rings. The van der Waals surface area contributed by atoms with Crippen molar-refractivity contribution in [2.24, 2.45) is 0 Å².